The lowest BCUT2D eigenvalue weighted by atomic mass is 9.93. The molecular formula is C13H26N2. The molecule has 0 spiro atoms. The van der Waals surface area contributed by atoms with Crippen molar-refractivity contribution in [3.63, 3.8) is 0 Å². The average molecular weight is 210 g/mol. The highest BCUT2D eigenvalue weighted by Gasteiger charge is 2.31. The van der Waals surface area contributed by atoms with Crippen LogP contribution in [0.2, 0.25) is 0 Å². The van der Waals surface area contributed by atoms with Crippen LogP contribution in [0.25, 0.3) is 0 Å². The maximum atomic E-state index is 5.94. The molecule has 2 N–H and O–H groups in total. The van der Waals surface area contributed by atoms with E-state index in [2.05, 4.69) is 11.8 Å². The zero-order valence-corrected chi connectivity index (χ0v) is 10.1. The van der Waals surface area contributed by atoms with Gasteiger partial charge >= 0.3 is 0 Å². The smallest absolute Gasteiger partial charge is 0.0136 e. The molecule has 3 atom stereocenters. The van der Waals surface area contributed by atoms with Gasteiger partial charge < -0.3 is 5.73 Å². The molecule has 3 unspecified atom stereocenters. The molecule has 0 amide bonds. The zero-order valence-electron chi connectivity index (χ0n) is 10.1. The lowest BCUT2D eigenvalue weighted by molar-refractivity contribution is 0.163. The molecule has 1 saturated heterocycles. The van der Waals surface area contributed by atoms with Gasteiger partial charge in [-0.25, -0.2) is 0 Å². The van der Waals surface area contributed by atoms with Crippen molar-refractivity contribution >= 4 is 0 Å². The van der Waals surface area contributed by atoms with Gasteiger partial charge in [-0.15, -0.1) is 0 Å². The van der Waals surface area contributed by atoms with Crippen LogP contribution in [0, 0.1) is 11.8 Å². The van der Waals surface area contributed by atoms with Crippen molar-refractivity contribution in [2.75, 3.05) is 19.6 Å². The highest BCUT2D eigenvalue weighted by molar-refractivity contribution is 4.86. The summed E-state index contributed by atoms with van der Waals surface area (Å²) in [6.07, 6.45) is 8.42. The third kappa shape index (κ3) is 2.73. The second-order valence-corrected chi connectivity index (χ2v) is 5.59. The Morgan fingerprint density at radius 2 is 1.93 bits per heavy atom. The van der Waals surface area contributed by atoms with E-state index in [1.165, 1.54) is 51.6 Å². The van der Waals surface area contributed by atoms with Crippen LogP contribution in [0.1, 0.15) is 45.4 Å². The maximum absolute atomic E-state index is 5.94. The highest BCUT2D eigenvalue weighted by Crippen LogP contribution is 2.30. The molecule has 1 heterocycles. The first-order valence-corrected chi connectivity index (χ1v) is 6.75. The standard InChI is InChI=1S/C13H26N2/c1-11-7-8-15(10-11)13-6-4-2-3-5-12(13)9-14/h11-13H,2-10,14H2,1H3. The molecule has 1 aliphatic carbocycles. The highest BCUT2D eigenvalue weighted by atomic mass is 15.2. The maximum Gasteiger partial charge on any atom is 0.0136 e. The average Bonchev–Trinajstić information content (AvgIpc) is 2.54. The van der Waals surface area contributed by atoms with Crippen LogP contribution in [0.15, 0.2) is 0 Å². The van der Waals surface area contributed by atoms with Gasteiger partial charge in [-0.1, -0.05) is 26.2 Å². The van der Waals surface area contributed by atoms with Gasteiger partial charge in [0.05, 0.1) is 0 Å². The van der Waals surface area contributed by atoms with E-state index in [1.807, 2.05) is 0 Å². The van der Waals surface area contributed by atoms with Crippen molar-refractivity contribution in [1.29, 1.82) is 0 Å². The van der Waals surface area contributed by atoms with Crippen LogP contribution in [-0.4, -0.2) is 30.6 Å². The number of nitrogens with two attached hydrogens (primary N) is 1. The molecule has 2 fully saturated rings. The molecule has 2 rings (SSSR count). The second kappa shape index (κ2) is 5.31. The number of hydrogen-bond donors (Lipinski definition) is 1. The van der Waals surface area contributed by atoms with Gasteiger partial charge in [-0.05, 0) is 44.2 Å². The summed E-state index contributed by atoms with van der Waals surface area (Å²) in [6.45, 7) is 5.92. The fourth-order valence-electron chi connectivity index (χ4n) is 3.39. The monoisotopic (exact) mass is 210 g/mol. The zero-order chi connectivity index (χ0) is 10.7. The van der Waals surface area contributed by atoms with Crippen LogP contribution in [0.4, 0.5) is 0 Å². The summed E-state index contributed by atoms with van der Waals surface area (Å²) in [5.74, 6) is 1.68. The van der Waals surface area contributed by atoms with Gasteiger partial charge in [-0.3, -0.25) is 4.90 Å². The van der Waals surface area contributed by atoms with Crippen LogP contribution in [0.3, 0.4) is 0 Å². The minimum Gasteiger partial charge on any atom is -0.330 e. The molecule has 2 heteroatoms. The summed E-state index contributed by atoms with van der Waals surface area (Å²) in [7, 11) is 0. The summed E-state index contributed by atoms with van der Waals surface area (Å²) in [6, 6.07) is 0.808. The Kier molecular flexibility index (Phi) is 4.04. The molecule has 1 aliphatic heterocycles. The van der Waals surface area contributed by atoms with E-state index in [-0.39, 0.29) is 0 Å². The van der Waals surface area contributed by atoms with E-state index in [1.54, 1.807) is 0 Å². The van der Waals surface area contributed by atoms with Gasteiger partial charge in [0, 0.05) is 12.6 Å². The second-order valence-electron chi connectivity index (χ2n) is 5.59. The molecule has 0 aromatic carbocycles. The molecule has 2 nitrogen and oxygen atoms in total. The fraction of sp³-hybridized carbons (Fsp3) is 1.00. The molecule has 88 valence electrons. The van der Waals surface area contributed by atoms with Gasteiger partial charge in [0.15, 0.2) is 0 Å². The van der Waals surface area contributed by atoms with Crippen LogP contribution < -0.4 is 5.73 Å². The topological polar surface area (TPSA) is 29.3 Å². The Morgan fingerprint density at radius 1 is 1.13 bits per heavy atom. The van der Waals surface area contributed by atoms with Gasteiger partial charge in [-0.2, -0.15) is 0 Å². The molecule has 0 radical (unpaired) electrons. The molecule has 2 aliphatic rings. The lowest BCUT2D eigenvalue weighted by Crippen LogP contribution is -2.41. The van der Waals surface area contributed by atoms with Crippen molar-refractivity contribution in [1.82, 2.24) is 4.90 Å². The van der Waals surface area contributed by atoms with E-state index in [9.17, 15) is 0 Å². The molecule has 0 bridgehead atoms. The summed E-state index contributed by atoms with van der Waals surface area (Å²) in [4.78, 5) is 2.73. The Balaban J connectivity index is 1.96. The Hall–Kier alpha value is -0.0800. The first-order chi connectivity index (χ1) is 7.31. The molecule has 1 saturated carbocycles. The minimum atomic E-state index is 0.776. The predicted octanol–water partition coefficient (Wildman–Crippen LogP) is 2.24. The quantitative estimate of drug-likeness (QED) is 0.708. The van der Waals surface area contributed by atoms with Crippen molar-refractivity contribution in [3.05, 3.63) is 0 Å². The van der Waals surface area contributed by atoms with E-state index in [0.29, 0.717) is 0 Å². The summed E-state index contributed by atoms with van der Waals surface area (Å²) >= 11 is 0. The third-order valence-electron chi connectivity index (χ3n) is 4.35. The van der Waals surface area contributed by atoms with E-state index < -0.39 is 0 Å². The Labute approximate surface area is 94.2 Å². The summed E-state index contributed by atoms with van der Waals surface area (Å²) in [5, 5.41) is 0. The largest absolute Gasteiger partial charge is 0.330 e. The molecule has 0 aromatic heterocycles. The SMILES string of the molecule is CC1CCN(C2CCCCCC2CN)C1. The van der Waals surface area contributed by atoms with Crippen LogP contribution >= 0.6 is 0 Å². The predicted molar refractivity (Wildman–Crippen MR) is 64.8 cm³/mol. The first kappa shape index (κ1) is 11.4. The van der Waals surface area contributed by atoms with Crippen molar-refractivity contribution < 1.29 is 0 Å². The van der Waals surface area contributed by atoms with Gasteiger partial charge in [0.25, 0.3) is 0 Å². The molecule has 0 aromatic rings. The van der Waals surface area contributed by atoms with Crippen molar-refractivity contribution in [2.45, 2.75) is 51.5 Å². The van der Waals surface area contributed by atoms with Crippen molar-refractivity contribution in [2.24, 2.45) is 17.6 Å². The number of likely N-dealkylation sites (tertiary alicyclic amines) is 1. The van der Waals surface area contributed by atoms with E-state index in [0.717, 1.165) is 24.4 Å². The number of hydrogen-bond acceptors (Lipinski definition) is 2. The molecular weight excluding hydrogens is 184 g/mol. The Morgan fingerprint density at radius 3 is 2.60 bits per heavy atom. The Bertz CT molecular complexity index is 193. The molecule has 15 heavy (non-hydrogen) atoms. The normalized spacial score (nSPS) is 39.2. The van der Waals surface area contributed by atoms with E-state index in [4.69, 9.17) is 5.73 Å². The number of nitrogens with zero attached hydrogens (tertiary/aromatic N) is 1. The number of rotatable bonds is 2. The first-order valence-electron chi connectivity index (χ1n) is 6.75. The van der Waals surface area contributed by atoms with Crippen LogP contribution in [0.5, 0.6) is 0 Å². The lowest BCUT2D eigenvalue weighted by Gasteiger charge is -2.32. The summed E-state index contributed by atoms with van der Waals surface area (Å²) < 4.78 is 0. The van der Waals surface area contributed by atoms with Crippen LogP contribution in [-0.2, 0) is 0 Å². The third-order valence-corrected chi connectivity index (χ3v) is 4.35. The van der Waals surface area contributed by atoms with Gasteiger partial charge in [0.1, 0.15) is 0 Å². The van der Waals surface area contributed by atoms with Crippen molar-refractivity contribution in [3.8, 4) is 0 Å². The fourth-order valence-corrected chi connectivity index (χ4v) is 3.39. The van der Waals surface area contributed by atoms with Gasteiger partial charge in [0.2, 0.25) is 0 Å². The van der Waals surface area contributed by atoms with E-state index >= 15 is 0 Å². The minimum absolute atomic E-state index is 0.776. The summed E-state index contributed by atoms with van der Waals surface area (Å²) in [5.41, 5.74) is 5.94.